The number of rotatable bonds is 9. The maximum atomic E-state index is 12.1. The second-order valence-corrected chi connectivity index (χ2v) is 7.53. The molecule has 1 unspecified atom stereocenters. The summed E-state index contributed by atoms with van der Waals surface area (Å²) < 4.78 is 5.09. The first kappa shape index (κ1) is 21.9. The van der Waals surface area contributed by atoms with Crippen LogP contribution in [0.25, 0.3) is 6.08 Å². The molecule has 2 rings (SSSR count). The monoisotopic (exact) mass is 418 g/mol. The van der Waals surface area contributed by atoms with Crippen LogP contribution in [0, 0.1) is 0 Å². The van der Waals surface area contributed by atoms with E-state index in [9.17, 15) is 9.59 Å². The van der Waals surface area contributed by atoms with E-state index in [4.69, 9.17) is 16.3 Å². The van der Waals surface area contributed by atoms with Gasteiger partial charge in [0.1, 0.15) is 11.8 Å². The molecule has 7 heteroatoms. The highest BCUT2D eigenvalue weighted by atomic mass is 35.5. The Morgan fingerprint density at radius 2 is 1.82 bits per heavy atom. The summed E-state index contributed by atoms with van der Waals surface area (Å²) in [5.41, 5.74) is 0.868. The Morgan fingerprint density at radius 3 is 2.46 bits per heavy atom. The maximum Gasteiger partial charge on any atom is 0.244 e. The largest absolute Gasteiger partial charge is 0.497 e. The number of thioether (sulfide) groups is 1. The number of halogens is 1. The number of hydrogen-bond donors (Lipinski definition) is 2. The van der Waals surface area contributed by atoms with Crippen LogP contribution in [-0.2, 0) is 9.59 Å². The number of nitrogens with one attached hydrogen (secondary N) is 2. The summed E-state index contributed by atoms with van der Waals surface area (Å²) in [5, 5.41) is 6.17. The molecule has 0 heterocycles. The lowest BCUT2D eigenvalue weighted by Crippen LogP contribution is -2.44. The fourth-order valence-corrected chi connectivity index (χ4v) is 3.14. The fraction of sp³-hybridized carbons (Fsp3) is 0.238. The van der Waals surface area contributed by atoms with E-state index in [2.05, 4.69) is 10.6 Å². The lowest BCUT2D eigenvalue weighted by molar-refractivity contribution is -0.126. The van der Waals surface area contributed by atoms with Crippen molar-refractivity contribution in [3.63, 3.8) is 0 Å². The zero-order chi connectivity index (χ0) is 20.4. The number of methoxy groups -OCH3 is 1. The van der Waals surface area contributed by atoms with Crippen LogP contribution in [0.1, 0.15) is 12.5 Å². The van der Waals surface area contributed by atoms with E-state index in [0.717, 1.165) is 22.0 Å². The van der Waals surface area contributed by atoms with Crippen LogP contribution < -0.4 is 15.4 Å². The molecule has 5 nitrogen and oxygen atoms in total. The van der Waals surface area contributed by atoms with Gasteiger partial charge in [0.05, 0.1) is 7.11 Å². The van der Waals surface area contributed by atoms with Crippen molar-refractivity contribution in [2.45, 2.75) is 17.9 Å². The van der Waals surface area contributed by atoms with Gasteiger partial charge in [-0.1, -0.05) is 23.7 Å². The summed E-state index contributed by atoms with van der Waals surface area (Å²) in [7, 11) is 1.60. The van der Waals surface area contributed by atoms with Gasteiger partial charge in [0.25, 0.3) is 0 Å². The van der Waals surface area contributed by atoms with E-state index < -0.39 is 6.04 Å². The highest BCUT2D eigenvalue weighted by Crippen LogP contribution is 2.19. The van der Waals surface area contributed by atoms with Crippen molar-refractivity contribution in [1.82, 2.24) is 10.6 Å². The first-order valence-corrected chi connectivity index (χ1v) is 10.1. The van der Waals surface area contributed by atoms with Crippen LogP contribution in [-0.4, -0.2) is 37.3 Å². The maximum absolute atomic E-state index is 12.1. The minimum absolute atomic E-state index is 0.220. The van der Waals surface area contributed by atoms with Gasteiger partial charge in [0, 0.05) is 28.3 Å². The molecule has 2 aromatic carbocycles. The van der Waals surface area contributed by atoms with Crippen molar-refractivity contribution in [3.05, 3.63) is 65.2 Å². The summed E-state index contributed by atoms with van der Waals surface area (Å²) in [6, 6.07) is 14.2. The number of benzene rings is 2. The molecule has 2 aromatic rings. The number of ether oxygens (including phenoxy) is 1. The first-order valence-electron chi connectivity index (χ1n) is 8.76. The normalized spacial score (nSPS) is 11.8. The fourth-order valence-electron chi connectivity index (χ4n) is 2.24. The van der Waals surface area contributed by atoms with Crippen molar-refractivity contribution in [2.75, 3.05) is 19.4 Å². The lowest BCUT2D eigenvalue weighted by Gasteiger charge is -2.13. The molecular weight excluding hydrogens is 396 g/mol. The zero-order valence-corrected chi connectivity index (χ0v) is 17.3. The average molecular weight is 419 g/mol. The Kier molecular flexibility index (Phi) is 8.91. The predicted molar refractivity (Wildman–Crippen MR) is 115 cm³/mol. The van der Waals surface area contributed by atoms with E-state index in [1.54, 1.807) is 31.9 Å². The smallest absolute Gasteiger partial charge is 0.244 e. The highest BCUT2D eigenvalue weighted by molar-refractivity contribution is 7.99. The third kappa shape index (κ3) is 7.66. The minimum atomic E-state index is -0.617. The van der Waals surface area contributed by atoms with Crippen LogP contribution in [0.5, 0.6) is 5.75 Å². The highest BCUT2D eigenvalue weighted by Gasteiger charge is 2.13. The molecule has 2 N–H and O–H groups in total. The second kappa shape index (κ2) is 11.4. The van der Waals surface area contributed by atoms with Gasteiger partial charge < -0.3 is 15.4 Å². The first-order chi connectivity index (χ1) is 13.5. The third-order valence-corrected chi connectivity index (χ3v) is 5.04. The molecule has 0 saturated heterocycles. The van der Waals surface area contributed by atoms with Gasteiger partial charge in [-0.2, -0.15) is 0 Å². The number of hydrogen-bond acceptors (Lipinski definition) is 4. The minimum Gasteiger partial charge on any atom is -0.497 e. The lowest BCUT2D eigenvalue weighted by atomic mass is 10.2. The molecule has 0 aliphatic rings. The van der Waals surface area contributed by atoms with Gasteiger partial charge in [-0.25, -0.2) is 0 Å². The van der Waals surface area contributed by atoms with E-state index in [-0.39, 0.29) is 11.8 Å². The summed E-state index contributed by atoms with van der Waals surface area (Å²) in [4.78, 5) is 25.2. The van der Waals surface area contributed by atoms with Gasteiger partial charge >= 0.3 is 0 Å². The molecule has 0 fully saturated rings. The molecule has 2 amide bonds. The Bertz CT molecular complexity index is 807. The molecule has 0 aliphatic heterocycles. The van der Waals surface area contributed by atoms with Crippen LogP contribution in [0.3, 0.4) is 0 Å². The van der Waals surface area contributed by atoms with Crippen molar-refractivity contribution in [3.8, 4) is 5.75 Å². The van der Waals surface area contributed by atoms with Gasteiger partial charge in [-0.15, -0.1) is 11.8 Å². The van der Waals surface area contributed by atoms with Gasteiger partial charge in [0.15, 0.2) is 0 Å². The Labute approximate surface area is 174 Å². The second-order valence-electron chi connectivity index (χ2n) is 5.93. The van der Waals surface area contributed by atoms with Crippen LogP contribution >= 0.6 is 23.4 Å². The number of carbonyl (C=O) groups is 2. The van der Waals surface area contributed by atoms with Crippen molar-refractivity contribution >= 4 is 41.3 Å². The van der Waals surface area contributed by atoms with Crippen LogP contribution in [0.2, 0.25) is 5.02 Å². The van der Waals surface area contributed by atoms with Gasteiger partial charge in [-0.3, -0.25) is 9.59 Å². The van der Waals surface area contributed by atoms with Gasteiger partial charge in [0.2, 0.25) is 11.8 Å². The molecule has 0 bridgehead atoms. The Hall–Kier alpha value is -2.44. The summed E-state index contributed by atoms with van der Waals surface area (Å²) in [6.07, 6.45) is 3.09. The summed E-state index contributed by atoms with van der Waals surface area (Å²) in [5.74, 6) is 0.934. The molecule has 28 heavy (non-hydrogen) atoms. The number of carbonyl (C=O) groups excluding carboxylic acids is 2. The molecule has 148 valence electrons. The molecule has 0 aromatic heterocycles. The quantitative estimate of drug-likeness (QED) is 0.369. The van der Waals surface area contributed by atoms with E-state index >= 15 is 0 Å². The molecule has 0 radical (unpaired) electrons. The van der Waals surface area contributed by atoms with E-state index in [0.29, 0.717) is 11.6 Å². The molecule has 1 atom stereocenters. The Morgan fingerprint density at radius 1 is 1.14 bits per heavy atom. The summed E-state index contributed by atoms with van der Waals surface area (Å²) in [6.45, 7) is 2.16. The summed E-state index contributed by atoms with van der Waals surface area (Å²) >= 11 is 7.47. The third-order valence-electron chi connectivity index (χ3n) is 3.78. The van der Waals surface area contributed by atoms with Crippen molar-refractivity contribution in [2.24, 2.45) is 0 Å². The zero-order valence-electron chi connectivity index (χ0n) is 15.8. The molecule has 0 spiro atoms. The Balaban J connectivity index is 1.69. The van der Waals surface area contributed by atoms with Crippen molar-refractivity contribution in [1.29, 1.82) is 0 Å². The number of amides is 2. The van der Waals surface area contributed by atoms with Gasteiger partial charge in [-0.05, 0) is 55.0 Å². The molecular formula is C21H23ClN2O3S. The predicted octanol–water partition coefficient (Wildman–Crippen LogP) is 3.78. The topological polar surface area (TPSA) is 67.4 Å². The van der Waals surface area contributed by atoms with Crippen molar-refractivity contribution < 1.29 is 14.3 Å². The molecule has 0 aliphatic carbocycles. The van der Waals surface area contributed by atoms with E-state index in [1.807, 2.05) is 48.5 Å². The molecule has 0 saturated carbocycles. The SMILES string of the molecule is COc1ccc(/C=C/C(=O)NC(C)C(=O)NCCSc2ccc(Cl)cc2)cc1. The van der Waals surface area contributed by atoms with E-state index in [1.165, 1.54) is 6.08 Å². The van der Waals surface area contributed by atoms with Crippen LogP contribution in [0.15, 0.2) is 59.5 Å². The average Bonchev–Trinajstić information content (AvgIpc) is 2.71. The van der Waals surface area contributed by atoms with Crippen LogP contribution in [0.4, 0.5) is 0 Å². The standard InChI is InChI=1S/C21H23ClN2O3S/c1-15(21(26)23-13-14-28-19-10-6-17(22)7-11-19)24-20(25)12-5-16-3-8-18(27-2)9-4-16/h3-12,15H,13-14H2,1-2H3,(H,23,26)(H,24,25)/b12-5+.